The Morgan fingerprint density at radius 3 is 2.50 bits per heavy atom. The minimum atomic E-state index is -4.36. The van der Waals surface area contributed by atoms with Crippen LogP contribution in [0.2, 0.25) is 0 Å². The molecule has 1 fully saturated rings. The van der Waals surface area contributed by atoms with Crippen LogP contribution >= 0.6 is 11.3 Å². The van der Waals surface area contributed by atoms with Crippen LogP contribution in [0, 0.1) is 25.1 Å². The fourth-order valence-corrected chi connectivity index (χ4v) is 6.80. The molecule has 1 aromatic heterocycles. The third kappa shape index (κ3) is 6.40. The van der Waals surface area contributed by atoms with Gasteiger partial charge in [-0.2, -0.15) is 17.5 Å². The normalized spacial score (nSPS) is 17.5. The predicted octanol–water partition coefficient (Wildman–Crippen LogP) is 5.64. The van der Waals surface area contributed by atoms with Gasteiger partial charge in [0.2, 0.25) is 0 Å². The third-order valence-electron chi connectivity index (χ3n) is 6.41. The van der Waals surface area contributed by atoms with Crippen LogP contribution in [0.15, 0.2) is 46.8 Å². The Labute approximate surface area is 222 Å². The highest BCUT2D eigenvalue weighted by Gasteiger charge is 2.38. The number of hydrogen-bond acceptors (Lipinski definition) is 7. The molecule has 0 unspecified atom stereocenters. The maximum absolute atomic E-state index is 13.3. The predicted molar refractivity (Wildman–Crippen MR) is 139 cm³/mol. The quantitative estimate of drug-likeness (QED) is 0.271. The molecule has 3 aromatic rings. The number of benzene rings is 2. The molecule has 1 atom stereocenters. The second-order valence-corrected chi connectivity index (χ2v) is 12.0. The molecule has 0 radical (unpaired) electrons. The maximum Gasteiger partial charge on any atom is 0.390 e. The van der Waals surface area contributed by atoms with Gasteiger partial charge < -0.3 is 10.7 Å². The van der Waals surface area contributed by atoms with E-state index in [4.69, 9.17) is 5.41 Å². The van der Waals surface area contributed by atoms with Crippen molar-refractivity contribution in [3.8, 4) is 0 Å². The molecule has 38 heavy (non-hydrogen) atoms. The molecule has 13 heteroatoms. The number of thiazole rings is 1. The highest BCUT2D eigenvalue weighted by atomic mass is 32.2. The lowest BCUT2D eigenvalue weighted by Crippen LogP contribution is -2.51. The third-order valence-corrected chi connectivity index (χ3v) is 9.09. The fraction of sp³-hybridized carbons (Fsp3) is 0.360. The van der Waals surface area contributed by atoms with E-state index in [2.05, 4.69) is 10.3 Å². The Kier molecular flexibility index (Phi) is 8.21. The van der Waals surface area contributed by atoms with Gasteiger partial charge in [-0.15, -0.1) is 11.3 Å². The lowest BCUT2D eigenvalue weighted by molar-refractivity contribution is -0.140. The molecule has 1 aliphatic rings. The van der Waals surface area contributed by atoms with Gasteiger partial charge in [-0.25, -0.2) is 17.8 Å². The zero-order valence-electron chi connectivity index (χ0n) is 20.7. The molecule has 0 amide bonds. The summed E-state index contributed by atoms with van der Waals surface area (Å²) in [5.41, 5.74) is 2.96. The summed E-state index contributed by atoms with van der Waals surface area (Å²) in [5, 5.41) is 13.1. The number of anilines is 2. The summed E-state index contributed by atoms with van der Waals surface area (Å²) in [6, 6.07) is 8.49. The van der Waals surface area contributed by atoms with Crippen molar-refractivity contribution in [1.29, 1.82) is 5.41 Å². The Hall–Kier alpha value is -2.87. The number of nitrogens with zero attached hydrogens (tertiary/aromatic N) is 3. The molecule has 2 N–H and O–H groups in total. The molecule has 2 aromatic carbocycles. The van der Waals surface area contributed by atoms with E-state index in [0.717, 1.165) is 6.21 Å². The van der Waals surface area contributed by atoms with Crippen LogP contribution in [0.1, 0.15) is 34.2 Å². The van der Waals surface area contributed by atoms with Crippen LogP contribution in [0.3, 0.4) is 0 Å². The van der Waals surface area contributed by atoms with Crippen LogP contribution in [0.25, 0.3) is 0 Å². The van der Waals surface area contributed by atoms with Crippen LogP contribution < -0.4 is 5.32 Å². The van der Waals surface area contributed by atoms with Crippen LogP contribution in [-0.4, -0.2) is 61.2 Å². The number of aryl methyl sites for hydroxylation is 2. The lowest BCUT2D eigenvalue weighted by Gasteiger charge is -2.41. The zero-order chi connectivity index (χ0) is 27.7. The smallest absolute Gasteiger partial charge is 0.355 e. The van der Waals surface area contributed by atoms with Crippen LogP contribution in [0.5, 0.6) is 0 Å². The summed E-state index contributed by atoms with van der Waals surface area (Å²) in [7, 11) is -3.93. The maximum atomic E-state index is 13.3. The Balaban J connectivity index is 1.69. The number of hydrogen-bond donors (Lipinski definition) is 2. The standard InChI is InChI=1S/C25H27F4N5O2S2/c1-16-11-22(32-20-5-3-19(26)4-6-20)18(13-30)12-21(16)23-14-34(10-9-33(23)8-7-25(27,28)29)38(35,36)24-15-37-17(2)31-24/h3-6,11-13,15,23,30,32H,7-10,14H2,1-2H3/t23-/m0/s1. The average molecular weight is 570 g/mol. The van der Waals surface area contributed by atoms with E-state index < -0.39 is 34.5 Å². The van der Waals surface area contributed by atoms with Gasteiger partial charge in [0.05, 0.1) is 11.4 Å². The van der Waals surface area contributed by atoms with Crippen LogP contribution in [0.4, 0.5) is 28.9 Å². The van der Waals surface area contributed by atoms with Crippen molar-refractivity contribution in [3.05, 3.63) is 69.3 Å². The van der Waals surface area contributed by atoms with Crippen LogP contribution in [-0.2, 0) is 10.0 Å². The van der Waals surface area contributed by atoms with Crippen molar-refractivity contribution in [2.24, 2.45) is 0 Å². The first-order valence-electron chi connectivity index (χ1n) is 11.8. The molecule has 1 aliphatic heterocycles. The summed E-state index contributed by atoms with van der Waals surface area (Å²) >= 11 is 1.21. The molecule has 204 valence electrons. The Bertz CT molecular complexity index is 1410. The van der Waals surface area contributed by atoms with Crippen molar-refractivity contribution < 1.29 is 26.0 Å². The molecule has 4 rings (SSSR count). The van der Waals surface area contributed by atoms with Gasteiger partial charge in [0.1, 0.15) is 5.82 Å². The summed E-state index contributed by atoms with van der Waals surface area (Å²) in [6.07, 6.45) is -4.27. The molecular formula is C25H27F4N5O2S2. The first-order valence-corrected chi connectivity index (χ1v) is 14.1. The topological polar surface area (TPSA) is 89.4 Å². The number of alkyl halides is 3. The van der Waals surface area contributed by atoms with Gasteiger partial charge in [0.15, 0.2) is 5.03 Å². The first-order chi connectivity index (χ1) is 17.9. The summed E-state index contributed by atoms with van der Waals surface area (Å²) in [4.78, 5) is 5.76. The highest BCUT2D eigenvalue weighted by molar-refractivity contribution is 7.89. The van der Waals surface area contributed by atoms with E-state index in [0.29, 0.717) is 33.1 Å². The van der Waals surface area contributed by atoms with Crippen molar-refractivity contribution >= 4 is 38.9 Å². The van der Waals surface area contributed by atoms with Gasteiger partial charge >= 0.3 is 6.18 Å². The number of halogens is 4. The van der Waals surface area contributed by atoms with E-state index >= 15 is 0 Å². The van der Waals surface area contributed by atoms with E-state index in [9.17, 15) is 26.0 Å². The van der Waals surface area contributed by atoms with Gasteiger partial charge in [-0.3, -0.25) is 4.90 Å². The minimum Gasteiger partial charge on any atom is -0.355 e. The molecule has 2 heterocycles. The Morgan fingerprint density at radius 1 is 1.18 bits per heavy atom. The lowest BCUT2D eigenvalue weighted by atomic mass is 9.94. The zero-order valence-corrected chi connectivity index (χ0v) is 22.4. The van der Waals surface area contributed by atoms with Crippen molar-refractivity contribution in [1.82, 2.24) is 14.2 Å². The largest absolute Gasteiger partial charge is 0.390 e. The number of sulfonamides is 1. The second kappa shape index (κ2) is 11.1. The van der Waals surface area contributed by atoms with Gasteiger partial charge in [-0.1, -0.05) is 0 Å². The number of aromatic nitrogens is 1. The molecule has 0 bridgehead atoms. The van der Waals surface area contributed by atoms with Gasteiger partial charge in [0, 0.05) is 60.8 Å². The summed E-state index contributed by atoms with van der Waals surface area (Å²) in [6.45, 7) is 3.29. The van der Waals surface area contributed by atoms with Crippen molar-refractivity contribution in [2.45, 2.75) is 37.5 Å². The van der Waals surface area contributed by atoms with E-state index in [1.165, 1.54) is 33.2 Å². The molecule has 7 nitrogen and oxygen atoms in total. The number of piperazine rings is 1. The number of rotatable bonds is 8. The molecule has 0 saturated carbocycles. The highest BCUT2D eigenvalue weighted by Crippen LogP contribution is 2.35. The monoisotopic (exact) mass is 569 g/mol. The first kappa shape index (κ1) is 28.1. The van der Waals surface area contributed by atoms with Gasteiger partial charge in [0.25, 0.3) is 10.0 Å². The van der Waals surface area contributed by atoms with E-state index in [-0.39, 0.29) is 31.2 Å². The minimum absolute atomic E-state index is 0.0357. The molecular weight excluding hydrogens is 542 g/mol. The van der Waals surface area contributed by atoms with Gasteiger partial charge in [-0.05, 0) is 61.4 Å². The average Bonchev–Trinajstić information content (AvgIpc) is 3.31. The van der Waals surface area contributed by atoms with E-state index in [1.807, 2.05) is 0 Å². The van der Waals surface area contributed by atoms with E-state index in [1.54, 1.807) is 43.0 Å². The Morgan fingerprint density at radius 2 is 1.89 bits per heavy atom. The molecule has 0 spiro atoms. The molecule has 0 aliphatic carbocycles. The summed E-state index contributed by atoms with van der Waals surface area (Å²) < 4.78 is 80.5. The van der Waals surface area contributed by atoms with Crippen molar-refractivity contribution in [3.63, 3.8) is 0 Å². The second-order valence-electron chi connectivity index (χ2n) is 9.06. The fourth-order valence-electron chi connectivity index (χ4n) is 4.46. The van der Waals surface area contributed by atoms with Crippen molar-refractivity contribution in [2.75, 3.05) is 31.5 Å². The SMILES string of the molecule is Cc1nc(S(=O)(=O)N2CCN(CCC(F)(F)F)[C@H](c3cc(C=N)c(Nc4ccc(F)cc4)cc3C)C2)cs1. The number of nitrogens with one attached hydrogen (secondary N) is 2. The molecule has 1 saturated heterocycles. The summed E-state index contributed by atoms with van der Waals surface area (Å²) in [5.74, 6) is -0.391.